The number of phenolic OH excluding ortho intramolecular Hbond substituents is 1. The lowest BCUT2D eigenvalue weighted by Crippen LogP contribution is -2.49. The van der Waals surface area contributed by atoms with Gasteiger partial charge in [-0.15, -0.1) is 0 Å². The number of amides is 1. The number of hydrogen-bond acceptors (Lipinski definition) is 6. The maximum absolute atomic E-state index is 16.0. The van der Waals surface area contributed by atoms with E-state index >= 15 is 4.39 Å². The minimum absolute atomic E-state index is 0.00945. The van der Waals surface area contributed by atoms with Crippen molar-refractivity contribution in [1.29, 1.82) is 0 Å². The predicted octanol–water partition coefficient (Wildman–Crippen LogP) is 6.57. The average molecular weight is 665 g/mol. The molecule has 0 bridgehead atoms. The number of nitrogens with zero attached hydrogens (tertiary/aromatic N) is 3. The molecule has 4 heterocycles. The Bertz CT molecular complexity index is 1880. The van der Waals surface area contributed by atoms with Crippen LogP contribution in [-0.2, 0) is 6.54 Å². The van der Waals surface area contributed by atoms with E-state index in [1.54, 1.807) is 18.2 Å². The zero-order valence-corrected chi connectivity index (χ0v) is 27.8. The molecule has 4 aliphatic rings. The lowest BCUT2D eigenvalue weighted by molar-refractivity contribution is 0.0965. The molecule has 2 atom stereocenters. The molecule has 0 aliphatic carbocycles. The van der Waals surface area contributed by atoms with Crippen molar-refractivity contribution in [2.24, 2.45) is 5.92 Å². The van der Waals surface area contributed by atoms with Crippen LogP contribution in [0.5, 0.6) is 11.5 Å². The molecule has 4 aromatic carbocycles. The van der Waals surface area contributed by atoms with Crippen LogP contribution in [0.25, 0.3) is 0 Å². The highest BCUT2D eigenvalue weighted by Gasteiger charge is 2.35. The maximum atomic E-state index is 16.0. The van der Waals surface area contributed by atoms with E-state index in [2.05, 4.69) is 57.3 Å². The van der Waals surface area contributed by atoms with Crippen molar-refractivity contribution in [2.45, 2.75) is 38.1 Å². The summed E-state index contributed by atoms with van der Waals surface area (Å²) in [6.45, 7) is 8.80. The fourth-order valence-electron chi connectivity index (χ4n) is 8.34. The third kappa shape index (κ3) is 6.21. The van der Waals surface area contributed by atoms with Gasteiger partial charge in [-0.2, -0.15) is 0 Å². The monoisotopic (exact) mass is 664 g/mol. The molecule has 0 unspecified atom stereocenters. The highest BCUT2D eigenvalue weighted by atomic mass is 19.1. The number of phenols is 1. The summed E-state index contributed by atoms with van der Waals surface area (Å²) in [5.74, 6) is 0.489. The molecule has 0 spiro atoms. The van der Waals surface area contributed by atoms with Gasteiger partial charge in [0.25, 0.3) is 5.91 Å². The quantitative estimate of drug-likeness (QED) is 0.243. The van der Waals surface area contributed by atoms with Crippen LogP contribution in [0.4, 0.5) is 20.2 Å². The largest absolute Gasteiger partial charge is 0.508 e. The van der Waals surface area contributed by atoms with Crippen LogP contribution < -0.4 is 19.9 Å². The molecule has 2 N–H and O–H groups in total. The van der Waals surface area contributed by atoms with Crippen molar-refractivity contribution in [2.75, 3.05) is 62.2 Å². The number of anilines is 2. The number of piperidine rings is 1. The lowest BCUT2D eigenvalue weighted by Gasteiger charge is -2.40. The second kappa shape index (κ2) is 13.0. The predicted molar refractivity (Wildman–Crippen MR) is 187 cm³/mol. The lowest BCUT2D eigenvalue weighted by atomic mass is 9.75. The minimum atomic E-state index is -0.333. The molecule has 49 heavy (non-hydrogen) atoms. The molecule has 0 radical (unpaired) electrons. The molecular formula is C40H42F2N4O3. The van der Waals surface area contributed by atoms with E-state index in [9.17, 15) is 14.3 Å². The second-order valence-electron chi connectivity index (χ2n) is 14.1. The fourth-order valence-corrected chi connectivity index (χ4v) is 8.34. The van der Waals surface area contributed by atoms with Gasteiger partial charge < -0.3 is 25.0 Å². The summed E-state index contributed by atoms with van der Waals surface area (Å²) in [5, 5.41) is 12.9. The van der Waals surface area contributed by atoms with Crippen LogP contribution in [0.2, 0.25) is 0 Å². The minimum Gasteiger partial charge on any atom is -0.508 e. The number of aryl methyl sites for hydroxylation is 1. The molecule has 2 fully saturated rings. The Morgan fingerprint density at radius 3 is 2.39 bits per heavy atom. The molecule has 0 saturated carbocycles. The van der Waals surface area contributed by atoms with Crippen molar-refractivity contribution in [3.05, 3.63) is 118 Å². The molecule has 0 aromatic heterocycles. The molecule has 4 aliphatic heterocycles. The number of ether oxygens (including phenoxy) is 1. The third-order valence-corrected chi connectivity index (χ3v) is 11.0. The fraction of sp³-hybridized carbons (Fsp3) is 0.375. The van der Waals surface area contributed by atoms with Gasteiger partial charge in [0.05, 0.1) is 18.0 Å². The SMILES string of the molecule is Cc1cccc([C@H]2COc3cc(O)ccc3[C@H]2c2ccc(N3CCC(CN4CCN(c5cc6c(cc5F)C(=O)NC6)CC4)CC3)c(F)c2)c1. The Morgan fingerprint density at radius 2 is 1.61 bits per heavy atom. The van der Waals surface area contributed by atoms with Gasteiger partial charge in [-0.25, -0.2) is 8.78 Å². The Labute approximate surface area is 286 Å². The number of piperazine rings is 1. The number of rotatable bonds is 6. The van der Waals surface area contributed by atoms with E-state index in [-0.39, 0.29) is 35.1 Å². The third-order valence-electron chi connectivity index (χ3n) is 11.0. The van der Waals surface area contributed by atoms with E-state index in [0.717, 1.165) is 80.9 Å². The van der Waals surface area contributed by atoms with E-state index in [1.165, 1.54) is 11.6 Å². The second-order valence-corrected chi connectivity index (χ2v) is 14.1. The first kappa shape index (κ1) is 31.6. The van der Waals surface area contributed by atoms with Crippen molar-refractivity contribution in [3.63, 3.8) is 0 Å². The molecule has 4 aromatic rings. The summed E-state index contributed by atoms with van der Waals surface area (Å²) in [4.78, 5) is 18.7. The van der Waals surface area contributed by atoms with Gasteiger partial charge in [0.1, 0.15) is 23.1 Å². The van der Waals surface area contributed by atoms with Gasteiger partial charge in [-0.1, -0.05) is 42.0 Å². The van der Waals surface area contributed by atoms with E-state index in [0.29, 0.717) is 41.8 Å². The summed E-state index contributed by atoms with van der Waals surface area (Å²) >= 11 is 0. The Hall–Kier alpha value is -4.63. The number of hydrogen-bond donors (Lipinski definition) is 2. The number of nitrogens with one attached hydrogen (secondary N) is 1. The first-order valence-corrected chi connectivity index (χ1v) is 17.5. The number of benzene rings is 4. The summed E-state index contributed by atoms with van der Waals surface area (Å²) in [6.07, 6.45) is 1.99. The van der Waals surface area contributed by atoms with Gasteiger partial charge in [0.2, 0.25) is 0 Å². The van der Waals surface area contributed by atoms with Gasteiger partial charge in [-0.3, -0.25) is 9.69 Å². The zero-order chi connectivity index (χ0) is 33.6. The van der Waals surface area contributed by atoms with Crippen LogP contribution >= 0.6 is 0 Å². The van der Waals surface area contributed by atoms with Crippen molar-refractivity contribution < 1.29 is 23.4 Å². The Kier molecular flexibility index (Phi) is 8.39. The summed E-state index contributed by atoms with van der Waals surface area (Å²) in [5.41, 5.74) is 6.73. The number of aromatic hydroxyl groups is 1. The molecule has 7 nitrogen and oxygen atoms in total. The summed E-state index contributed by atoms with van der Waals surface area (Å²) < 4.78 is 37.0. The Balaban J connectivity index is 0.907. The average Bonchev–Trinajstić information content (AvgIpc) is 3.46. The highest BCUT2D eigenvalue weighted by molar-refractivity contribution is 5.98. The Morgan fingerprint density at radius 1 is 0.837 bits per heavy atom. The number of carbonyl (C=O) groups excluding carboxylic acids is 1. The van der Waals surface area contributed by atoms with Crippen LogP contribution in [0, 0.1) is 24.5 Å². The van der Waals surface area contributed by atoms with E-state index in [4.69, 9.17) is 4.74 Å². The van der Waals surface area contributed by atoms with Gasteiger partial charge in [0, 0.05) is 81.4 Å². The molecule has 9 heteroatoms. The number of halogens is 2. The smallest absolute Gasteiger partial charge is 0.252 e. The standard InChI is InChI=1S/C40H42F2N4O3/c1-25-3-2-4-27(17-25)33-24-49-38-20-30(47)6-7-31(38)39(33)28-5-8-36(34(41)18-28)45-11-9-26(10-12-45)23-44-13-15-46(16-14-44)37-19-29-22-43-40(48)32(29)21-35(37)42/h2-8,17-21,26,33,39,47H,9-16,22-24H2,1H3,(H,43,48)/t33-,39-/m1/s1. The van der Waals surface area contributed by atoms with Gasteiger partial charge >= 0.3 is 0 Å². The summed E-state index contributed by atoms with van der Waals surface area (Å²) in [6, 6.07) is 22.6. The van der Waals surface area contributed by atoms with E-state index in [1.807, 2.05) is 18.2 Å². The van der Waals surface area contributed by atoms with Crippen LogP contribution in [0.1, 0.15) is 62.9 Å². The number of carbonyl (C=O) groups is 1. The number of fused-ring (bicyclic) bond motifs is 2. The maximum Gasteiger partial charge on any atom is 0.252 e. The molecule has 2 saturated heterocycles. The van der Waals surface area contributed by atoms with E-state index < -0.39 is 0 Å². The molecule has 254 valence electrons. The van der Waals surface area contributed by atoms with Crippen molar-refractivity contribution in [1.82, 2.24) is 10.2 Å². The zero-order valence-electron chi connectivity index (χ0n) is 27.8. The van der Waals surface area contributed by atoms with Gasteiger partial charge in [0.15, 0.2) is 0 Å². The van der Waals surface area contributed by atoms with Crippen LogP contribution in [-0.4, -0.2) is 68.3 Å². The summed E-state index contributed by atoms with van der Waals surface area (Å²) in [7, 11) is 0. The molecule has 1 amide bonds. The first-order valence-electron chi connectivity index (χ1n) is 17.5. The molecule has 8 rings (SSSR count). The highest BCUT2D eigenvalue weighted by Crippen LogP contribution is 2.47. The molecular weight excluding hydrogens is 622 g/mol. The van der Waals surface area contributed by atoms with Gasteiger partial charge in [-0.05, 0) is 72.7 Å². The van der Waals surface area contributed by atoms with Crippen molar-refractivity contribution >= 4 is 17.3 Å². The van der Waals surface area contributed by atoms with Crippen LogP contribution in [0.3, 0.4) is 0 Å². The first-order chi connectivity index (χ1) is 23.8. The van der Waals surface area contributed by atoms with Crippen LogP contribution in [0.15, 0.2) is 72.8 Å². The van der Waals surface area contributed by atoms with Crippen molar-refractivity contribution in [3.8, 4) is 11.5 Å². The topological polar surface area (TPSA) is 68.3 Å². The normalized spacial score (nSPS) is 21.2.